The van der Waals surface area contributed by atoms with E-state index in [1.165, 1.54) is 0 Å². The van der Waals surface area contributed by atoms with Crippen LogP contribution in [0.4, 0.5) is 5.69 Å². The molecule has 2 aliphatic rings. The Morgan fingerprint density at radius 3 is 2.33 bits per heavy atom. The van der Waals surface area contributed by atoms with E-state index in [0.29, 0.717) is 18.4 Å². The number of benzene rings is 1. The number of ketones is 1. The summed E-state index contributed by atoms with van der Waals surface area (Å²) in [6.45, 7) is 0. The summed E-state index contributed by atoms with van der Waals surface area (Å²) in [5, 5.41) is -0.579. The Morgan fingerprint density at radius 1 is 1.14 bits per heavy atom. The first-order valence-corrected chi connectivity index (χ1v) is 9.05. The molecule has 0 spiro atoms. The molecule has 2 saturated heterocycles. The van der Waals surface area contributed by atoms with Crippen molar-refractivity contribution < 1.29 is 13.2 Å². The van der Waals surface area contributed by atoms with Gasteiger partial charge in [-0.2, -0.15) is 0 Å². The third kappa shape index (κ3) is 2.48. The number of fused-ring (bicyclic) bond motifs is 2. The fraction of sp³-hybridized carbons (Fsp3) is 0.562. The molecule has 2 fully saturated rings. The Kier molecular flexibility index (Phi) is 3.56. The quantitative estimate of drug-likeness (QED) is 0.804. The zero-order valence-corrected chi connectivity index (χ0v) is 13.3. The van der Waals surface area contributed by atoms with Crippen LogP contribution >= 0.6 is 0 Å². The zero-order chi connectivity index (χ0) is 15.2. The summed E-state index contributed by atoms with van der Waals surface area (Å²) in [5.74, 6) is -0.0334. The van der Waals surface area contributed by atoms with Gasteiger partial charge in [0.25, 0.3) is 0 Å². The molecule has 3 rings (SSSR count). The fourth-order valence-electron chi connectivity index (χ4n) is 3.59. The highest BCUT2D eigenvalue weighted by atomic mass is 32.2. The lowest BCUT2D eigenvalue weighted by atomic mass is 9.90. The molecule has 114 valence electrons. The Balaban J connectivity index is 1.83. The van der Waals surface area contributed by atoms with E-state index in [1.54, 1.807) is 0 Å². The van der Waals surface area contributed by atoms with Gasteiger partial charge in [-0.25, -0.2) is 8.42 Å². The van der Waals surface area contributed by atoms with Crippen molar-refractivity contribution in [1.82, 2.24) is 0 Å². The van der Waals surface area contributed by atoms with Gasteiger partial charge >= 0.3 is 0 Å². The molecule has 0 N–H and O–H groups in total. The molecule has 5 heteroatoms. The standard InChI is InChI=1S/C16H21NO3S/c1-17(2)13-5-3-4-11(8-13)16(18)12-9-14-6-7-15(10-12)21(14,19)20/h3-5,8,12,14-15H,6-7,9-10H2,1-2H3. The molecule has 2 unspecified atom stereocenters. The van der Waals surface area contributed by atoms with Gasteiger partial charge in [-0.1, -0.05) is 12.1 Å². The number of rotatable bonds is 3. The lowest BCUT2D eigenvalue weighted by molar-refractivity contribution is 0.0905. The van der Waals surface area contributed by atoms with Gasteiger partial charge in [0.15, 0.2) is 15.6 Å². The van der Waals surface area contributed by atoms with E-state index in [9.17, 15) is 13.2 Å². The number of nitrogens with zero attached hydrogens (tertiary/aromatic N) is 1. The smallest absolute Gasteiger partial charge is 0.166 e. The van der Waals surface area contributed by atoms with E-state index in [4.69, 9.17) is 0 Å². The van der Waals surface area contributed by atoms with Crippen LogP contribution in [-0.2, 0) is 9.84 Å². The van der Waals surface area contributed by atoms with Gasteiger partial charge in [-0.3, -0.25) is 4.79 Å². The van der Waals surface area contributed by atoms with Crippen molar-refractivity contribution >= 4 is 21.3 Å². The Labute approximate surface area is 126 Å². The highest BCUT2D eigenvalue weighted by Crippen LogP contribution is 2.42. The fourth-order valence-corrected chi connectivity index (χ4v) is 6.07. The number of carbonyl (C=O) groups excluding carboxylic acids is 1. The predicted molar refractivity (Wildman–Crippen MR) is 83.6 cm³/mol. The summed E-state index contributed by atoms with van der Waals surface area (Å²) in [4.78, 5) is 14.7. The van der Waals surface area contributed by atoms with Crippen LogP contribution in [0.2, 0.25) is 0 Å². The minimum absolute atomic E-state index is 0.102. The van der Waals surface area contributed by atoms with E-state index in [-0.39, 0.29) is 22.2 Å². The topological polar surface area (TPSA) is 54.5 Å². The molecule has 2 heterocycles. The zero-order valence-electron chi connectivity index (χ0n) is 12.5. The summed E-state index contributed by atoms with van der Waals surface area (Å²) < 4.78 is 24.2. The van der Waals surface area contributed by atoms with Crippen LogP contribution in [0, 0.1) is 5.92 Å². The Bertz CT molecular complexity index is 646. The molecular formula is C16H21NO3S. The van der Waals surface area contributed by atoms with Gasteiger partial charge in [0.2, 0.25) is 0 Å². The maximum Gasteiger partial charge on any atom is 0.166 e. The van der Waals surface area contributed by atoms with Gasteiger partial charge in [0.05, 0.1) is 10.5 Å². The maximum absolute atomic E-state index is 12.7. The van der Waals surface area contributed by atoms with Crippen LogP contribution in [0.25, 0.3) is 0 Å². The number of sulfone groups is 1. The van der Waals surface area contributed by atoms with Crippen LogP contribution in [0.1, 0.15) is 36.0 Å². The van der Waals surface area contributed by atoms with E-state index in [0.717, 1.165) is 18.5 Å². The van der Waals surface area contributed by atoms with Crippen LogP contribution < -0.4 is 4.90 Å². The van der Waals surface area contributed by atoms with Crippen molar-refractivity contribution in [2.45, 2.75) is 36.2 Å². The van der Waals surface area contributed by atoms with Crippen LogP contribution in [-0.4, -0.2) is 38.8 Å². The van der Waals surface area contributed by atoms with Crippen molar-refractivity contribution in [3.05, 3.63) is 29.8 Å². The van der Waals surface area contributed by atoms with Gasteiger partial charge in [0.1, 0.15) is 0 Å². The molecule has 0 radical (unpaired) electrons. The molecular weight excluding hydrogens is 286 g/mol. The first kappa shape index (κ1) is 14.6. The summed E-state index contributed by atoms with van der Waals surface area (Å²) in [7, 11) is 0.923. The van der Waals surface area contributed by atoms with Gasteiger partial charge in [-0.05, 0) is 37.8 Å². The molecule has 2 atom stereocenters. The van der Waals surface area contributed by atoms with Crippen molar-refractivity contribution in [2.75, 3.05) is 19.0 Å². The van der Waals surface area contributed by atoms with E-state index >= 15 is 0 Å². The normalized spacial score (nSPS) is 30.1. The Hall–Kier alpha value is -1.36. The molecule has 0 amide bonds. The highest BCUT2D eigenvalue weighted by molar-refractivity contribution is 7.93. The summed E-state index contributed by atoms with van der Waals surface area (Å²) in [5.41, 5.74) is 1.69. The third-order valence-electron chi connectivity index (χ3n) is 4.85. The molecule has 1 aromatic carbocycles. The number of anilines is 1. The van der Waals surface area contributed by atoms with Crippen LogP contribution in [0.5, 0.6) is 0 Å². The van der Waals surface area contributed by atoms with Gasteiger partial charge < -0.3 is 4.90 Å². The molecule has 0 saturated carbocycles. The Morgan fingerprint density at radius 2 is 1.76 bits per heavy atom. The second kappa shape index (κ2) is 5.13. The van der Waals surface area contributed by atoms with Crippen molar-refractivity contribution in [3.63, 3.8) is 0 Å². The van der Waals surface area contributed by atoms with Gasteiger partial charge in [-0.15, -0.1) is 0 Å². The third-order valence-corrected chi connectivity index (χ3v) is 7.57. The summed E-state index contributed by atoms with van der Waals surface area (Å²) in [6.07, 6.45) is 2.47. The largest absolute Gasteiger partial charge is 0.378 e. The first-order chi connectivity index (χ1) is 9.89. The molecule has 2 aliphatic heterocycles. The SMILES string of the molecule is CN(C)c1cccc(C(=O)C2CC3CCC(C2)S3(=O)=O)c1. The van der Waals surface area contributed by atoms with E-state index in [2.05, 4.69) is 0 Å². The summed E-state index contributed by atoms with van der Waals surface area (Å²) in [6, 6.07) is 7.58. The second-order valence-corrected chi connectivity index (χ2v) is 8.90. The maximum atomic E-state index is 12.7. The van der Waals surface area contributed by atoms with E-state index < -0.39 is 9.84 Å². The van der Waals surface area contributed by atoms with Crippen molar-refractivity contribution in [2.24, 2.45) is 5.92 Å². The molecule has 4 nitrogen and oxygen atoms in total. The average molecular weight is 307 g/mol. The first-order valence-electron chi connectivity index (χ1n) is 7.44. The molecule has 0 aromatic heterocycles. The molecule has 21 heavy (non-hydrogen) atoms. The van der Waals surface area contributed by atoms with Crippen molar-refractivity contribution in [3.8, 4) is 0 Å². The monoisotopic (exact) mass is 307 g/mol. The highest BCUT2D eigenvalue weighted by Gasteiger charge is 2.48. The minimum atomic E-state index is -2.96. The number of carbonyl (C=O) groups is 1. The average Bonchev–Trinajstić information content (AvgIpc) is 2.66. The number of Topliss-reactive ketones (excluding diaryl/α,β-unsaturated/α-hetero) is 1. The van der Waals surface area contributed by atoms with E-state index in [1.807, 2.05) is 43.3 Å². The summed E-state index contributed by atoms with van der Waals surface area (Å²) >= 11 is 0. The molecule has 2 bridgehead atoms. The minimum Gasteiger partial charge on any atom is -0.378 e. The predicted octanol–water partition coefficient (Wildman–Crippen LogP) is 2.29. The number of hydrogen-bond acceptors (Lipinski definition) is 4. The lowest BCUT2D eigenvalue weighted by Gasteiger charge is -2.27. The molecule has 0 aliphatic carbocycles. The van der Waals surface area contributed by atoms with Crippen molar-refractivity contribution in [1.29, 1.82) is 0 Å². The van der Waals surface area contributed by atoms with Gasteiger partial charge in [0, 0.05) is 31.3 Å². The van der Waals surface area contributed by atoms with Crippen LogP contribution in [0.15, 0.2) is 24.3 Å². The lowest BCUT2D eigenvalue weighted by Crippen LogP contribution is -2.36. The molecule has 1 aromatic rings. The van der Waals surface area contributed by atoms with Crippen LogP contribution in [0.3, 0.4) is 0 Å². The number of hydrogen-bond donors (Lipinski definition) is 0. The second-order valence-electron chi connectivity index (χ2n) is 6.39.